The SMILES string of the molecule is C/C(=N\OCc1ccccc1)C(C)(O)/C=C/c1ccccc1. The van der Waals surface area contributed by atoms with Crippen molar-refractivity contribution in [3.05, 3.63) is 77.9 Å². The monoisotopic (exact) mass is 295 g/mol. The molecule has 3 nitrogen and oxygen atoms in total. The molecule has 3 heteroatoms. The number of benzene rings is 2. The first-order valence-electron chi connectivity index (χ1n) is 7.25. The summed E-state index contributed by atoms with van der Waals surface area (Å²) in [5.74, 6) is 0. The Morgan fingerprint density at radius 1 is 1.09 bits per heavy atom. The number of hydrogen-bond donors (Lipinski definition) is 1. The Hall–Kier alpha value is -2.39. The van der Waals surface area contributed by atoms with Crippen LogP contribution in [0, 0.1) is 0 Å². The van der Waals surface area contributed by atoms with Crippen LogP contribution in [0.2, 0.25) is 0 Å². The van der Waals surface area contributed by atoms with Crippen molar-refractivity contribution in [1.82, 2.24) is 0 Å². The average Bonchev–Trinajstić information content (AvgIpc) is 2.55. The second kappa shape index (κ2) is 7.57. The zero-order valence-electron chi connectivity index (χ0n) is 12.9. The zero-order chi connectivity index (χ0) is 15.8. The molecule has 2 aromatic carbocycles. The highest BCUT2D eigenvalue weighted by atomic mass is 16.6. The van der Waals surface area contributed by atoms with Crippen molar-refractivity contribution in [3.63, 3.8) is 0 Å². The Bertz CT molecular complexity index is 631. The summed E-state index contributed by atoms with van der Waals surface area (Å²) in [6.45, 7) is 3.83. The van der Waals surface area contributed by atoms with Crippen molar-refractivity contribution in [2.24, 2.45) is 5.16 Å². The van der Waals surface area contributed by atoms with Crippen LogP contribution in [-0.2, 0) is 11.4 Å². The van der Waals surface area contributed by atoms with E-state index in [0.717, 1.165) is 11.1 Å². The molecule has 2 aromatic rings. The normalized spacial score (nSPS) is 14.8. The molecule has 0 amide bonds. The van der Waals surface area contributed by atoms with Crippen molar-refractivity contribution >= 4 is 11.8 Å². The Balaban J connectivity index is 1.95. The van der Waals surface area contributed by atoms with Crippen LogP contribution in [0.4, 0.5) is 0 Å². The predicted molar refractivity (Wildman–Crippen MR) is 90.4 cm³/mol. The van der Waals surface area contributed by atoms with Crippen LogP contribution in [0.1, 0.15) is 25.0 Å². The zero-order valence-corrected chi connectivity index (χ0v) is 12.9. The summed E-state index contributed by atoms with van der Waals surface area (Å²) in [5.41, 5.74) is 1.43. The number of oxime groups is 1. The van der Waals surface area contributed by atoms with Crippen molar-refractivity contribution in [3.8, 4) is 0 Å². The molecule has 0 fully saturated rings. The van der Waals surface area contributed by atoms with E-state index in [-0.39, 0.29) is 0 Å². The third kappa shape index (κ3) is 4.86. The summed E-state index contributed by atoms with van der Waals surface area (Å²) in [6, 6.07) is 19.6. The molecular weight excluding hydrogens is 274 g/mol. The van der Waals surface area contributed by atoms with Gasteiger partial charge in [-0.15, -0.1) is 0 Å². The van der Waals surface area contributed by atoms with Crippen molar-refractivity contribution < 1.29 is 9.94 Å². The van der Waals surface area contributed by atoms with E-state index < -0.39 is 5.60 Å². The Kier molecular flexibility index (Phi) is 5.50. The second-order valence-electron chi connectivity index (χ2n) is 5.33. The average molecular weight is 295 g/mol. The Morgan fingerprint density at radius 2 is 1.68 bits per heavy atom. The molecule has 0 saturated carbocycles. The molecule has 0 aliphatic heterocycles. The molecule has 2 rings (SSSR count). The fourth-order valence-electron chi connectivity index (χ4n) is 1.81. The van der Waals surface area contributed by atoms with Crippen LogP contribution in [0.25, 0.3) is 6.08 Å². The van der Waals surface area contributed by atoms with Gasteiger partial charge in [-0.3, -0.25) is 0 Å². The van der Waals surface area contributed by atoms with E-state index in [1.54, 1.807) is 19.9 Å². The molecule has 0 aliphatic carbocycles. The molecule has 0 spiro atoms. The van der Waals surface area contributed by atoms with Gasteiger partial charge in [0, 0.05) is 0 Å². The van der Waals surface area contributed by atoms with Crippen LogP contribution in [-0.4, -0.2) is 16.4 Å². The van der Waals surface area contributed by atoms with E-state index >= 15 is 0 Å². The molecule has 0 aromatic heterocycles. The van der Waals surface area contributed by atoms with Crippen LogP contribution >= 0.6 is 0 Å². The maximum Gasteiger partial charge on any atom is 0.142 e. The highest BCUT2D eigenvalue weighted by molar-refractivity contribution is 5.92. The number of nitrogens with zero attached hydrogens (tertiary/aromatic N) is 1. The van der Waals surface area contributed by atoms with Crippen LogP contribution < -0.4 is 0 Å². The van der Waals surface area contributed by atoms with Crippen LogP contribution in [0.3, 0.4) is 0 Å². The standard InChI is InChI=1S/C19H21NO2/c1-16(20-22-15-18-11-7-4-8-12-18)19(2,21)14-13-17-9-5-3-6-10-17/h3-14,21H,15H2,1-2H3/b14-13+,20-16+. The first kappa shape index (κ1) is 16.0. The largest absolute Gasteiger partial charge is 0.391 e. The molecule has 1 N–H and O–H groups in total. The second-order valence-corrected chi connectivity index (χ2v) is 5.33. The van der Waals surface area contributed by atoms with Gasteiger partial charge in [0.1, 0.15) is 12.2 Å². The van der Waals surface area contributed by atoms with Gasteiger partial charge >= 0.3 is 0 Å². The minimum atomic E-state index is -1.15. The fraction of sp³-hybridized carbons (Fsp3) is 0.211. The van der Waals surface area contributed by atoms with E-state index in [2.05, 4.69) is 5.16 Å². The smallest absolute Gasteiger partial charge is 0.142 e. The molecule has 0 heterocycles. The van der Waals surface area contributed by atoms with E-state index in [1.165, 1.54) is 0 Å². The van der Waals surface area contributed by atoms with Crippen molar-refractivity contribution in [2.45, 2.75) is 26.1 Å². The number of aliphatic hydroxyl groups is 1. The summed E-state index contributed by atoms with van der Waals surface area (Å²) in [5, 5.41) is 14.5. The van der Waals surface area contributed by atoms with Crippen LogP contribution in [0.5, 0.6) is 0 Å². The highest BCUT2D eigenvalue weighted by Gasteiger charge is 2.21. The molecule has 0 bridgehead atoms. The van der Waals surface area contributed by atoms with Gasteiger partial charge in [-0.2, -0.15) is 0 Å². The molecule has 1 unspecified atom stereocenters. The first-order valence-corrected chi connectivity index (χ1v) is 7.25. The topological polar surface area (TPSA) is 41.8 Å². The lowest BCUT2D eigenvalue weighted by Gasteiger charge is -2.18. The predicted octanol–water partition coefficient (Wildman–Crippen LogP) is 4.04. The van der Waals surface area contributed by atoms with E-state index in [1.807, 2.05) is 66.7 Å². The van der Waals surface area contributed by atoms with Gasteiger partial charge in [-0.05, 0) is 31.1 Å². The van der Waals surface area contributed by atoms with Gasteiger partial charge in [0.25, 0.3) is 0 Å². The quantitative estimate of drug-likeness (QED) is 0.645. The molecule has 0 saturated heterocycles. The Labute approximate surface area is 131 Å². The van der Waals surface area contributed by atoms with Gasteiger partial charge in [0.05, 0.1) is 5.71 Å². The van der Waals surface area contributed by atoms with E-state index in [4.69, 9.17) is 4.84 Å². The lowest BCUT2D eigenvalue weighted by atomic mass is 10.00. The van der Waals surface area contributed by atoms with Gasteiger partial charge in [-0.1, -0.05) is 71.9 Å². The lowest BCUT2D eigenvalue weighted by molar-refractivity contribution is 0.117. The highest BCUT2D eigenvalue weighted by Crippen LogP contribution is 2.13. The van der Waals surface area contributed by atoms with Gasteiger partial charge in [0.2, 0.25) is 0 Å². The number of hydrogen-bond acceptors (Lipinski definition) is 3. The third-order valence-corrected chi connectivity index (χ3v) is 3.41. The van der Waals surface area contributed by atoms with Gasteiger partial charge in [0.15, 0.2) is 0 Å². The summed E-state index contributed by atoms with van der Waals surface area (Å²) in [7, 11) is 0. The molecule has 114 valence electrons. The Morgan fingerprint density at radius 3 is 2.32 bits per heavy atom. The van der Waals surface area contributed by atoms with Crippen molar-refractivity contribution in [1.29, 1.82) is 0 Å². The van der Waals surface area contributed by atoms with Gasteiger partial charge < -0.3 is 9.94 Å². The summed E-state index contributed by atoms with van der Waals surface area (Å²) >= 11 is 0. The molecule has 0 aliphatic rings. The fourth-order valence-corrected chi connectivity index (χ4v) is 1.81. The minimum Gasteiger partial charge on any atom is -0.391 e. The summed E-state index contributed by atoms with van der Waals surface area (Å²) in [6.07, 6.45) is 3.59. The van der Waals surface area contributed by atoms with Gasteiger partial charge in [-0.25, -0.2) is 0 Å². The molecule has 1 atom stereocenters. The van der Waals surface area contributed by atoms with E-state index in [0.29, 0.717) is 12.3 Å². The summed E-state index contributed by atoms with van der Waals surface area (Å²) < 4.78 is 0. The van der Waals surface area contributed by atoms with E-state index in [9.17, 15) is 5.11 Å². The third-order valence-electron chi connectivity index (χ3n) is 3.41. The molecule has 0 radical (unpaired) electrons. The maximum atomic E-state index is 10.4. The summed E-state index contributed by atoms with van der Waals surface area (Å²) in [4.78, 5) is 5.31. The van der Waals surface area contributed by atoms with Crippen molar-refractivity contribution in [2.75, 3.05) is 0 Å². The first-order chi connectivity index (χ1) is 10.6. The maximum absolute atomic E-state index is 10.4. The number of rotatable bonds is 6. The minimum absolute atomic E-state index is 0.386. The van der Waals surface area contributed by atoms with Crippen LogP contribution in [0.15, 0.2) is 71.9 Å². The molecular formula is C19H21NO2. The molecule has 22 heavy (non-hydrogen) atoms. The lowest BCUT2D eigenvalue weighted by Crippen LogP contribution is -2.30.